The third-order valence-electron chi connectivity index (χ3n) is 3.19. The van der Waals surface area contributed by atoms with Crippen molar-refractivity contribution in [3.63, 3.8) is 0 Å². The van der Waals surface area contributed by atoms with Gasteiger partial charge in [0.15, 0.2) is 0 Å². The number of halogens is 1. The summed E-state index contributed by atoms with van der Waals surface area (Å²) in [7, 11) is 2.08. The lowest BCUT2D eigenvalue weighted by molar-refractivity contribution is 0.513. The Bertz CT molecular complexity index is 589. The summed E-state index contributed by atoms with van der Waals surface area (Å²) in [5.41, 5.74) is 10.9. The zero-order valence-electron chi connectivity index (χ0n) is 11.1. The molecular weight excluding hydrogens is 276 g/mol. The minimum absolute atomic E-state index is 0.354. The van der Waals surface area contributed by atoms with E-state index < -0.39 is 0 Å². The number of rotatable bonds is 1. The van der Waals surface area contributed by atoms with Crippen LogP contribution in [0.5, 0.6) is 0 Å². The van der Waals surface area contributed by atoms with E-state index in [1.54, 1.807) is 0 Å². The highest BCUT2D eigenvalue weighted by Crippen LogP contribution is 2.37. The van der Waals surface area contributed by atoms with Crippen LogP contribution in [0.1, 0.15) is 30.7 Å². The fourth-order valence-electron chi connectivity index (χ4n) is 2.60. The zero-order valence-corrected chi connectivity index (χ0v) is 12.6. The second-order valence-corrected chi connectivity index (χ2v) is 6.21. The van der Waals surface area contributed by atoms with Gasteiger partial charge in [0.05, 0.1) is 11.2 Å². The Hall–Kier alpha value is -0.800. The zero-order chi connectivity index (χ0) is 13.0. The van der Waals surface area contributed by atoms with Crippen LogP contribution in [-0.4, -0.2) is 4.57 Å². The highest BCUT2D eigenvalue weighted by atomic mass is 79.9. The first kappa shape index (κ1) is 12.7. The normalized spacial score (nSPS) is 12.4. The Kier molecular flexibility index (Phi) is 2.87. The van der Waals surface area contributed by atoms with Crippen LogP contribution in [0, 0.1) is 13.8 Å². The predicted molar refractivity (Wildman–Crippen MR) is 77.3 cm³/mol. The van der Waals surface area contributed by atoms with Crippen LogP contribution in [0.25, 0.3) is 10.9 Å². The van der Waals surface area contributed by atoms with Crippen molar-refractivity contribution >= 4 is 26.8 Å². The molecule has 0 saturated heterocycles. The molecule has 0 aliphatic carbocycles. The number of benzene rings is 1. The van der Waals surface area contributed by atoms with E-state index >= 15 is 0 Å². The predicted octanol–water partition coefficient (Wildman–Crippen LogP) is 3.75. The van der Waals surface area contributed by atoms with Crippen LogP contribution < -0.4 is 5.73 Å². The van der Waals surface area contributed by atoms with Crippen LogP contribution >= 0.6 is 15.9 Å². The Morgan fingerprint density at radius 2 is 1.82 bits per heavy atom. The molecule has 92 valence electrons. The molecule has 1 heterocycles. The fraction of sp³-hybridized carbons (Fsp3) is 0.429. The second kappa shape index (κ2) is 3.85. The molecule has 0 atom stereocenters. The third kappa shape index (κ3) is 1.91. The fourth-order valence-corrected chi connectivity index (χ4v) is 3.89. The maximum atomic E-state index is 6.26. The standard InChI is InChI=1S/C14H19BrN2/c1-8-6-9(2)11-10(7-8)17(5)13(12(11)15)14(3,4)16/h6-7H,16H2,1-5H3. The van der Waals surface area contributed by atoms with Gasteiger partial charge in [0.25, 0.3) is 0 Å². The molecule has 0 radical (unpaired) electrons. The van der Waals surface area contributed by atoms with Crippen molar-refractivity contribution in [3.05, 3.63) is 33.4 Å². The lowest BCUT2D eigenvalue weighted by atomic mass is 10.0. The topological polar surface area (TPSA) is 30.9 Å². The van der Waals surface area contributed by atoms with E-state index in [1.807, 2.05) is 13.8 Å². The average molecular weight is 295 g/mol. The van der Waals surface area contributed by atoms with Gasteiger partial charge >= 0.3 is 0 Å². The molecule has 2 N–H and O–H groups in total. The summed E-state index contributed by atoms with van der Waals surface area (Å²) in [5.74, 6) is 0. The smallest absolute Gasteiger partial charge is 0.0523 e. The monoisotopic (exact) mass is 294 g/mol. The molecule has 3 heteroatoms. The molecule has 0 unspecified atom stereocenters. The summed E-state index contributed by atoms with van der Waals surface area (Å²) in [5, 5.41) is 1.27. The van der Waals surface area contributed by atoms with E-state index in [-0.39, 0.29) is 5.54 Å². The van der Waals surface area contributed by atoms with Gasteiger partial charge in [-0.2, -0.15) is 0 Å². The molecule has 1 aromatic heterocycles. The molecule has 0 amide bonds. The van der Waals surface area contributed by atoms with E-state index in [2.05, 4.69) is 53.5 Å². The van der Waals surface area contributed by atoms with Gasteiger partial charge in [-0.05, 0) is 60.8 Å². The van der Waals surface area contributed by atoms with Crippen molar-refractivity contribution in [2.75, 3.05) is 0 Å². The Morgan fingerprint density at radius 1 is 1.24 bits per heavy atom. The van der Waals surface area contributed by atoms with Crippen molar-refractivity contribution in [2.24, 2.45) is 12.8 Å². The van der Waals surface area contributed by atoms with E-state index in [9.17, 15) is 0 Å². The highest BCUT2D eigenvalue weighted by Gasteiger charge is 2.25. The first-order valence-corrected chi connectivity index (χ1v) is 6.57. The molecule has 0 aliphatic heterocycles. The van der Waals surface area contributed by atoms with E-state index in [1.165, 1.54) is 22.0 Å². The Morgan fingerprint density at radius 3 is 2.35 bits per heavy atom. The Balaban J connectivity index is 2.96. The molecule has 2 nitrogen and oxygen atoms in total. The van der Waals surface area contributed by atoms with Gasteiger partial charge < -0.3 is 10.3 Å². The van der Waals surface area contributed by atoms with Crippen molar-refractivity contribution in [2.45, 2.75) is 33.2 Å². The van der Waals surface area contributed by atoms with Crippen LogP contribution in [0.3, 0.4) is 0 Å². The average Bonchev–Trinajstić information content (AvgIpc) is 2.37. The molecule has 0 fully saturated rings. The molecule has 17 heavy (non-hydrogen) atoms. The summed E-state index contributed by atoms with van der Waals surface area (Å²) >= 11 is 3.71. The van der Waals surface area contributed by atoms with Gasteiger partial charge in [-0.3, -0.25) is 0 Å². The van der Waals surface area contributed by atoms with Crippen LogP contribution in [0.4, 0.5) is 0 Å². The van der Waals surface area contributed by atoms with Crippen LogP contribution in [-0.2, 0) is 12.6 Å². The summed E-state index contributed by atoms with van der Waals surface area (Å²) < 4.78 is 3.32. The Labute approximate surface area is 111 Å². The summed E-state index contributed by atoms with van der Waals surface area (Å²) in [6.07, 6.45) is 0. The number of aryl methyl sites for hydroxylation is 3. The van der Waals surface area contributed by atoms with Crippen molar-refractivity contribution in [3.8, 4) is 0 Å². The maximum Gasteiger partial charge on any atom is 0.0523 e. The summed E-state index contributed by atoms with van der Waals surface area (Å²) in [6, 6.07) is 4.42. The van der Waals surface area contributed by atoms with Crippen LogP contribution in [0.15, 0.2) is 16.6 Å². The van der Waals surface area contributed by atoms with Gasteiger partial charge in [0.1, 0.15) is 0 Å². The van der Waals surface area contributed by atoms with E-state index in [4.69, 9.17) is 5.73 Å². The lowest BCUT2D eigenvalue weighted by Crippen LogP contribution is -2.31. The second-order valence-electron chi connectivity index (χ2n) is 5.42. The minimum atomic E-state index is -0.354. The molecule has 2 rings (SSSR count). The number of nitrogens with zero attached hydrogens (tertiary/aromatic N) is 1. The minimum Gasteiger partial charge on any atom is -0.345 e. The number of hydrogen-bond acceptors (Lipinski definition) is 1. The molecule has 0 saturated carbocycles. The SMILES string of the molecule is Cc1cc(C)c2c(Br)c(C(C)(C)N)n(C)c2c1. The first-order valence-electron chi connectivity index (χ1n) is 5.78. The number of aromatic nitrogens is 1. The maximum absolute atomic E-state index is 6.26. The van der Waals surface area contributed by atoms with Gasteiger partial charge in [-0.1, -0.05) is 6.07 Å². The number of hydrogen-bond donors (Lipinski definition) is 1. The number of nitrogens with two attached hydrogens (primary N) is 1. The lowest BCUT2D eigenvalue weighted by Gasteiger charge is -2.20. The molecule has 0 bridgehead atoms. The van der Waals surface area contributed by atoms with Crippen molar-refractivity contribution in [1.29, 1.82) is 0 Å². The van der Waals surface area contributed by atoms with Gasteiger partial charge in [-0.15, -0.1) is 0 Å². The molecule has 0 aliphatic rings. The molecular formula is C14H19BrN2. The van der Waals surface area contributed by atoms with E-state index in [0.29, 0.717) is 0 Å². The largest absolute Gasteiger partial charge is 0.345 e. The first-order chi connectivity index (χ1) is 7.73. The number of fused-ring (bicyclic) bond motifs is 1. The van der Waals surface area contributed by atoms with E-state index in [0.717, 1.165) is 10.2 Å². The molecule has 2 aromatic rings. The quantitative estimate of drug-likeness (QED) is 0.853. The summed E-state index contributed by atoms with van der Waals surface area (Å²) in [4.78, 5) is 0. The van der Waals surface area contributed by atoms with Crippen molar-refractivity contribution < 1.29 is 0 Å². The molecule has 1 aromatic carbocycles. The summed E-state index contributed by atoms with van der Waals surface area (Å²) in [6.45, 7) is 8.34. The van der Waals surface area contributed by atoms with Gasteiger partial charge in [0.2, 0.25) is 0 Å². The molecule has 0 spiro atoms. The van der Waals surface area contributed by atoms with Gasteiger partial charge in [0, 0.05) is 22.4 Å². The third-order valence-corrected chi connectivity index (χ3v) is 3.97. The van der Waals surface area contributed by atoms with Gasteiger partial charge in [-0.25, -0.2) is 0 Å². The van der Waals surface area contributed by atoms with Crippen LogP contribution in [0.2, 0.25) is 0 Å². The highest BCUT2D eigenvalue weighted by molar-refractivity contribution is 9.10. The van der Waals surface area contributed by atoms with Crippen molar-refractivity contribution in [1.82, 2.24) is 4.57 Å².